The van der Waals surface area contributed by atoms with Crippen molar-refractivity contribution in [3.05, 3.63) is 0 Å². The van der Waals surface area contributed by atoms with Gasteiger partial charge < -0.3 is 28.4 Å². The van der Waals surface area contributed by atoms with Crippen molar-refractivity contribution in [2.45, 2.75) is 8.22 Å². The Morgan fingerprint density at radius 2 is 1.20 bits per heavy atom. The second kappa shape index (κ2) is 8.88. The molecule has 2 aliphatic rings. The monoisotopic (exact) mass is 514 g/mol. The van der Waals surface area contributed by atoms with Gasteiger partial charge in [-0.15, -0.1) is 0 Å². The summed E-state index contributed by atoms with van der Waals surface area (Å²) < 4.78 is 30.4. The van der Waals surface area contributed by atoms with Crippen molar-refractivity contribution in [2.24, 2.45) is 11.8 Å². The number of carbonyl (C=O) groups is 1. The van der Waals surface area contributed by atoms with Gasteiger partial charge in [-0.2, -0.15) is 0 Å². The topological polar surface area (TPSA) is 72.5 Å². The van der Waals surface area contributed by atoms with Crippen LogP contribution < -0.4 is 0 Å². The van der Waals surface area contributed by atoms with Crippen LogP contribution in [-0.4, -0.2) is 54.4 Å². The number of halogens is 2. The fourth-order valence-electron chi connectivity index (χ4n) is 1.72. The molecule has 0 aromatic carbocycles. The van der Waals surface area contributed by atoms with Crippen LogP contribution >= 0.6 is 45.2 Å². The van der Waals surface area contributed by atoms with Crippen LogP contribution in [0.1, 0.15) is 0 Å². The highest BCUT2D eigenvalue weighted by molar-refractivity contribution is 14.1. The minimum atomic E-state index is -0.694. The zero-order valence-corrected chi connectivity index (χ0v) is 15.0. The molecular weight excluding hydrogens is 498 g/mol. The van der Waals surface area contributed by atoms with Gasteiger partial charge in [-0.25, -0.2) is 4.79 Å². The highest BCUT2D eigenvalue weighted by atomic mass is 127. The fourth-order valence-corrected chi connectivity index (χ4v) is 2.96. The van der Waals surface area contributed by atoms with Gasteiger partial charge in [0.25, 0.3) is 0 Å². The number of ether oxygens (including phenoxy) is 6. The molecule has 0 bridgehead atoms. The van der Waals surface area contributed by atoms with Crippen LogP contribution in [0.5, 0.6) is 0 Å². The van der Waals surface area contributed by atoms with Crippen LogP contribution in [-0.2, 0) is 28.4 Å². The first-order valence-corrected chi connectivity index (χ1v) is 8.62. The standard InChI is InChI=1S/C11H16I2O7/c12-9(7-1-15-5-16-2-7)19-11(14)20-10(13)8-3-17-6-18-4-8/h7-10H,1-6H2. The van der Waals surface area contributed by atoms with E-state index < -0.39 is 6.16 Å². The van der Waals surface area contributed by atoms with Gasteiger partial charge in [0.15, 0.2) is 8.22 Å². The van der Waals surface area contributed by atoms with Crippen LogP contribution in [0.3, 0.4) is 0 Å². The first kappa shape index (κ1) is 16.9. The second-order valence-corrected chi connectivity index (χ2v) is 6.88. The largest absolute Gasteiger partial charge is 0.510 e. The van der Waals surface area contributed by atoms with Crippen molar-refractivity contribution in [2.75, 3.05) is 40.0 Å². The predicted molar refractivity (Wildman–Crippen MR) is 83.7 cm³/mol. The summed E-state index contributed by atoms with van der Waals surface area (Å²) in [5.74, 6) is 0.0387. The number of hydrogen-bond donors (Lipinski definition) is 0. The highest BCUT2D eigenvalue weighted by Gasteiger charge is 2.30. The van der Waals surface area contributed by atoms with Crippen LogP contribution in [0.15, 0.2) is 0 Å². The van der Waals surface area contributed by atoms with Gasteiger partial charge in [0.05, 0.1) is 38.3 Å². The van der Waals surface area contributed by atoms with E-state index in [1.165, 1.54) is 0 Å². The van der Waals surface area contributed by atoms with Crippen LogP contribution in [0.4, 0.5) is 4.79 Å². The highest BCUT2D eigenvalue weighted by Crippen LogP contribution is 2.23. The lowest BCUT2D eigenvalue weighted by atomic mass is 10.2. The SMILES string of the molecule is O=C(OC(I)C1COCOC1)OC(I)C1COCOC1. The molecule has 20 heavy (non-hydrogen) atoms. The summed E-state index contributed by atoms with van der Waals surface area (Å²) in [5, 5.41) is 0. The van der Waals surface area contributed by atoms with E-state index in [9.17, 15) is 4.79 Å². The van der Waals surface area contributed by atoms with Crippen molar-refractivity contribution in [3.63, 3.8) is 0 Å². The molecule has 2 atom stereocenters. The lowest BCUT2D eigenvalue weighted by Gasteiger charge is -2.28. The quantitative estimate of drug-likeness (QED) is 0.323. The molecule has 2 rings (SSSR count). The predicted octanol–water partition coefficient (Wildman–Crippen LogP) is 1.90. The molecule has 116 valence electrons. The summed E-state index contributed by atoms with van der Waals surface area (Å²) >= 11 is 4.08. The van der Waals surface area contributed by atoms with E-state index in [0.717, 1.165) is 0 Å². The maximum Gasteiger partial charge on any atom is 0.510 e. The van der Waals surface area contributed by atoms with E-state index in [1.807, 2.05) is 45.2 Å². The van der Waals surface area contributed by atoms with Crippen molar-refractivity contribution in [1.82, 2.24) is 0 Å². The Morgan fingerprint density at radius 3 is 1.55 bits per heavy atom. The lowest BCUT2D eigenvalue weighted by Crippen LogP contribution is -2.36. The molecular formula is C11H16I2O7. The van der Waals surface area contributed by atoms with E-state index in [4.69, 9.17) is 28.4 Å². The number of hydrogen-bond acceptors (Lipinski definition) is 7. The zero-order chi connectivity index (χ0) is 14.4. The minimum absolute atomic E-state index is 0.0194. The molecule has 2 fully saturated rings. The van der Waals surface area contributed by atoms with E-state index in [2.05, 4.69) is 0 Å². The smallest absolute Gasteiger partial charge is 0.420 e. The Bertz CT molecular complexity index is 277. The Kier molecular flexibility index (Phi) is 7.52. The first-order valence-electron chi connectivity index (χ1n) is 6.13. The van der Waals surface area contributed by atoms with Crippen molar-refractivity contribution < 1.29 is 33.2 Å². The molecule has 0 spiro atoms. The van der Waals surface area contributed by atoms with Crippen LogP contribution in [0.2, 0.25) is 0 Å². The summed E-state index contributed by atoms with van der Waals surface area (Å²) in [7, 11) is 0. The molecule has 0 N–H and O–H groups in total. The Balaban J connectivity index is 1.70. The normalized spacial score (nSPS) is 24.9. The number of rotatable bonds is 4. The Labute approximate surface area is 144 Å². The van der Waals surface area contributed by atoms with Gasteiger partial charge in [-0.3, -0.25) is 0 Å². The number of carbonyl (C=O) groups excluding carboxylic acids is 1. The van der Waals surface area contributed by atoms with Crippen LogP contribution in [0.25, 0.3) is 0 Å². The van der Waals surface area contributed by atoms with Gasteiger partial charge in [-0.1, -0.05) is 0 Å². The Morgan fingerprint density at radius 1 is 0.850 bits per heavy atom. The fraction of sp³-hybridized carbons (Fsp3) is 0.909. The third kappa shape index (κ3) is 5.40. The molecule has 0 radical (unpaired) electrons. The molecule has 7 nitrogen and oxygen atoms in total. The molecule has 0 amide bonds. The summed E-state index contributed by atoms with van der Waals surface area (Å²) in [6.07, 6.45) is -0.694. The van der Waals surface area contributed by atoms with Gasteiger partial charge >= 0.3 is 6.16 Å². The Hall–Kier alpha value is 0.570. The van der Waals surface area contributed by atoms with Crippen LogP contribution in [0, 0.1) is 11.8 Å². The zero-order valence-electron chi connectivity index (χ0n) is 10.7. The molecule has 2 heterocycles. The van der Waals surface area contributed by atoms with Crippen molar-refractivity contribution >= 4 is 51.3 Å². The summed E-state index contributed by atoms with van der Waals surface area (Å²) in [5.41, 5.74) is 0. The van der Waals surface area contributed by atoms with E-state index in [-0.39, 0.29) is 20.1 Å². The van der Waals surface area contributed by atoms with Gasteiger partial charge in [-0.05, 0) is 45.2 Å². The molecule has 2 saturated heterocycles. The van der Waals surface area contributed by atoms with Gasteiger partial charge in [0.1, 0.15) is 13.6 Å². The first-order chi connectivity index (χ1) is 9.66. The average molecular weight is 514 g/mol. The molecule has 0 aromatic rings. The van der Waals surface area contributed by atoms with E-state index >= 15 is 0 Å². The summed E-state index contributed by atoms with van der Waals surface area (Å²) in [4.78, 5) is 11.7. The molecule has 0 aromatic heterocycles. The molecule has 0 aliphatic carbocycles. The number of alkyl halides is 2. The minimum Gasteiger partial charge on any atom is -0.420 e. The summed E-state index contributed by atoms with van der Waals surface area (Å²) in [6, 6.07) is 0. The molecule has 2 unspecified atom stereocenters. The van der Waals surface area contributed by atoms with Gasteiger partial charge in [0, 0.05) is 0 Å². The average Bonchev–Trinajstić information content (AvgIpc) is 2.49. The lowest BCUT2D eigenvalue weighted by molar-refractivity contribution is -0.144. The molecule has 2 aliphatic heterocycles. The molecule has 9 heteroatoms. The third-order valence-corrected chi connectivity index (χ3v) is 5.36. The molecule has 0 saturated carbocycles. The van der Waals surface area contributed by atoms with Crippen molar-refractivity contribution in [1.29, 1.82) is 0 Å². The third-order valence-electron chi connectivity index (χ3n) is 2.82. The second-order valence-electron chi connectivity index (χ2n) is 4.43. The van der Waals surface area contributed by atoms with E-state index in [1.54, 1.807) is 0 Å². The van der Waals surface area contributed by atoms with E-state index in [0.29, 0.717) is 40.0 Å². The maximum absolute atomic E-state index is 11.7. The maximum atomic E-state index is 11.7. The van der Waals surface area contributed by atoms with Crippen molar-refractivity contribution in [3.8, 4) is 0 Å². The van der Waals surface area contributed by atoms with Gasteiger partial charge in [0.2, 0.25) is 0 Å². The summed E-state index contributed by atoms with van der Waals surface area (Å²) in [6.45, 7) is 2.64.